The summed E-state index contributed by atoms with van der Waals surface area (Å²) in [5.41, 5.74) is 0. The van der Waals surface area contributed by atoms with Gasteiger partial charge >= 0.3 is 0 Å². The summed E-state index contributed by atoms with van der Waals surface area (Å²) >= 11 is 7.02. The molecular weight excluding hydrogens is 252 g/mol. The average molecular weight is 259 g/mol. The molecule has 46 valence electrons. The van der Waals surface area contributed by atoms with Crippen molar-refractivity contribution in [3.05, 3.63) is 9.89 Å². The van der Waals surface area contributed by atoms with Crippen LogP contribution < -0.4 is 0 Å². The summed E-state index contributed by atoms with van der Waals surface area (Å²) in [7, 11) is 0.356. The summed E-state index contributed by atoms with van der Waals surface area (Å²) in [6.07, 6.45) is 1.20. The van der Waals surface area contributed by atoms with Gasteiger partial charge in [-0.05, 0) is 6.92 Å². The minimum Gasteiger partial charge on any atom is -0.0507 e. The minimum atomic E-state index is 0.356. The molecule has 1 rings (SSSR count). The highest BCUT2D eigenvalue weighted by atomic mass is 79.9. The fourth-order valence-electron chi connectivity index (χ4n) is 0.641. The second-order valence-corrected chi connectivity index (χ2v) is 6.82. The zero-order chi connectivity index (χ0) is 6.15. The van der Waals surface area contributed by atoms with Gasteiger partial charge in [0.25, 0.3) is 0 Å². The monoisotopic (exact) mass is 257 g/mol. The molecule has 1 heterocycles. The number of allylic oxidation sites excluding steroid dienone is 1. The van der Waals surface area contributed by atoms with E-state index < -0.39 is 0 Å². The second kappa shape index (κ2) is 2.76. The molecule has 1 aliphatic heterocycles. The lowest BCUT2D eigenvalue weighted by Crippen LogP contribution is -2.01. The Labute approximate surface area is 68.4 Å². The molecule has 0 saturated carbocycles. The molecule has 0 saturated heterocycles. The van der Waals surface area contributed by atoms with Gasteiger partial charge in [0.05, 0.1) is 9.33 Å². The van der Waals surface area contributed by atoms with E-state index in [-0.39, 0.29) is 0 Å². The maximum absolute atomic E-state index is 3.57. The Morgan fingerprint density at radius 1 is 1.88 bits per heavy atom. The summed E-state index contributed by atoms with van der Waals surface area (Å²) in [6.45, 7) is 2.25. The Hall–Kier alpha value is 1.05. The third-order valence-corrected chi connectivity index (χ3v) is 5.88. The summed E-state index contributed by atoms with van der Waals surface area (Å²) in [4.78, 5) is 0. The van der Waals surface area contributed by atoms with Gasteiger partial charge in [0, 0.05) is 10.9 Å². The molecule has 0 aliphatic carbocycles. The van der Waals surface area contributed by atoms with Gasteiger partial charge in [0.15, 0.2) is 0 Å². The Kier molecular flexibility index (Phi) is 2.47. The van der Waals surface area contributed by atoms with Crippen LogP contribution in [0.1, 0.15) is 13.3 Å². The van der Waals surface area contributed by atoms with Crippen LogP contribution in [0.3, 0.4) is 0 Å². The number of halogens is 2. The van der Waals surface area contributed by atoms with Crippen molar-refractivity contribution in [2.24, 2.45) is 0 Å². The number of rotatable bonds is 0. The molecule has 0 aromatic carbocycles. The molecule has 0 radical (unpaired) electrons. The summed E-state index contributed by atoms with van der Waals surface area (Å²) in [5, 5.41) is 3.04. The standard InChI is InChI=1S/C5H7Br2S/c1-4-2-5(6)3-8(4)7/h3-4H,2H2,1H3/q+1. The molecule has 0 fully saturated rings. The van der Waals surface area contributed by atoms with Crippen LogP contribution in [0.15, 0.2) is 9.89 Å². The van der Waals surface area contributed by atoms with E-state index in [0.717, 1.165) is 5.25 Å². The van der Waals surface area contributed by atoms with Crippen molar-refractivity contribution < 1.29 is 0 Å². The minimum absolute atomic E-state index is 0.356. The van der Waals surface area contributed by atoms with Crippen molar-refractivity contribution in [1.29, 1.82) is 0 Å². The largest absolute Gasteiger partial charge is 0.238 e. The smallest absolute Gasteiger partial charge is 0.0507 e. The molecule has 2 unspecified atom stereocenters. The topological polar surface area (TPSA) is 0 Å². The van der Waals surface area contributed by atoms with E-state index in [9.17, 15) is 0 Å². The first-order valence-corrected chi connectivity index (χ1v) is 6.43. The Balaban J connectivity index is 2.56. The predicted molar refractivity (Wildman–Crippen MR) is 47.4 cm³/mol. The maximum atomic E-state index is 3.57. The molecule has 0 spiro atoms. The molecule has 0 aromatic rings. The van der Waals surface area contributed by atoms with Gasteiger partial charge in [-0.25, -0.2) is 0 Å². The summed E-state index contributed by atoms with van der Waals surface area (Å²) < 4.78 is 1.35. The normalized spacial score (nSPS) is 37.6. The van der Waals surface area contributed by atoms with Crippen LogP contribution in [0.5, 0.6) is 0 Å². The van der Waals surface area contributed by atoms with Crippen molar-refractivity contribution in [1.82, 2.24) is 0 Å². The van der Waals surface area contributed by atoms with Gasteiger partial charge in [-0.15, -0.1) is 0 Å². The number of hydrogen-bond donors (Lipinski definition) is 0. The van der Waals surface area contributed by atoms with Crippen molar-refractivity contribution in [2.75, 3.05) is 0 Å². The highest BCUT2D eigenvalue weighted by molar-refractivity contribution is 9.49. The van der Waals surface area contributed by atoms with Crippen LogP contribution in [0.4, 0.5) is 0 Å². The molecular formula is C5H7Br2S+. The zero-order valence-electron chi connectivity index (χ0n) is 4.53. The molecule has 0 aromatic heterocycles. The SMILES string of the molecule is CC1CC(Br)=C[S+]1Br. The van der Waals surface area contributed by atoms with E-state index in [1.165, 1.54) is 10.9 Å². The molecule has 2 atom stereocenters. The molecule has 0 amide bonds. The fourth-order valence-corrected chi connectivity index (χ4v) is 4.68. The highest BCUT2D eigenvalue weighted by Gasteiger charge is 2.30. The Morgan fingerprint density at radius 2 is 2.50 bits per heavy atom. The van der Waals surface area contributed by atoms with Crippen molar-refractivity contribution in [3.63, 3.8) is 0 Å². The number of hydrogen-bond acceptors (Lipinski definition) is 0. The van der Waals surface area contributed by atoms with Gasteiger partial charge in [0.2, 0.25) is 14.8 Å². The van der Waals surface area contributed by atoms with Gasteiger partial charge < -0.3 is 0 Å². The fraction of sp³-hybridized carbons (Fsp3) is 0.600. The van der Waals surface area contributed by atoms with Crippen LogP contribution in [-0.2, 0) is 9.33 Å². The molecule has 3 heteroatoms. The van der Waals surface area contributed by atoms with Crippen LogP contribution >= 0.6 is 30.7 Å². The molecule has 0 bridgehead atoms. The van der Waals surface area contributed by atoms with E-state index in [4.69, 9.17) is 0 Å². The van der Waals surface area contributed by atoms with Crippen molar-refractivity contribution >= 4 is 40.1 Å². The summed E-state index contributed by atoms with van der Waals surface area (Å²) in [6, 6.07) is 0. The van der Waals surface area contributed by atoms with Gasteiger partial charge in [-0.3, -0.25) is 0 Å². The molecule has 0 N–H and O–H groups in total. The maximum Gasteiger partial charge on any atom is 0.238 e. The van der Waals surface area contributed by atoms with Gasteiger partial charge in [-0.2, -0.15) is 0 Å². The first-order valence-electron chi connectivity index (χ1n) is 2.44. The molecule has 8 heavy (non-hydrogen) atoms. The molecule has 1 aliphatic rings. The van der Waals surface area contributed by atoms with Crippen molar-refractivity contribution in [3.8, 4) is 0 Å². The quantitative estimate of drug-likeness (QED) is 0.587. The van der Waals surface area contributed by atoms with Crippen LogP contribution in [0.25, 0.3) is 0 Å². The first kappa shape index (κ1) is 7.16. The lowest BCUT2D eigenvalue weighted by molar-refractivity contribution is 0.991. The lowest BCUT2D eigenvalue weighted by Gasteiger charge is -1.91. The van der Waals surface area contributed by atoms with Crippen molar-refractivity contribution in [2.45, 2.75) is 18.6 Å². The summed E-state index contributed by atoms with van der Waals surface area (Å²) in [5.74, 6) is 0. The Bertz CT molecular complexity index is 122. The highest BCUT2D eigenvalue weighted by Crippen LogP contribution is 2.33. The molecule has 0 nitrogen and oxygen atoms in total. The van der Waals surface area contributed by atoms with E-state index in [0.29, 0.717) is 9.33 Å². The average Bonchev–Trinajstić information content (AvgIpc) is 1.85. The van der Waals surface area contributed by atoms with E-state index in [1.54, 1.807) is 0 Å². The third kappa shape index (κ3) is 1.52. The van der Waals surface area contributed by atoms with Crippen LogP contribution in [-0.4, -0.2) is 5.25 Å². The van der Waals surface area contributed by atoms with Crippen LogP contribution in [0.2, 0.25) is 0 Å². The Morgan fingerprint density at radius 3 is 2.62 bits per heavy atom. The predicted octanol–water partition coefficient (Wildman–Crippen LogP) is 2.94. The van der Waals surface area contributed by atoms with E-state index in [1.807, 2.05) is 0 Å². The lowest BCUT2D eigenvalue weighted by atomic mass is 10.3. The second-order valence-electron chi connectivity index (χ2n) is 1.89. The van der Waals surface area contributed by atoms with E-state index >= 15 is 0 Å². The zero-order valence-corrected chi connectivity index (χ0v) is 8.51. The van der Waals surface area contributed by atoms with E-state index in [2.05, 4.69) is 43.1 Å². The van der Waals surface area contributed by atoms with Gasteiger partial charge in [-0.1, -0.05) is 15.9 Å². The van der Waals surface area contributed by atoms with Gasteiger partial charge in [0.1, 0.15) is 10.7 Å². The third-order valence-electron chi connectivity index (χ3n) is 1.11. The van der Waals surface area contributed by atoms with Crippen LogP contribution in [0, 0.1) is 0 Å². The first-order chi connectivity index (χ1) is 3.70.